The molecule has 5 nitrogen and oxygen atoms in total. The smallest absolute Gasteiger partial charge is 0.163 e. The van der Waals surface area contributed by atoms with Gasteiger partial charge in [-0.15, -0.1) is 0 Å². The maximum atomic E-state index is 13.9. The van der Waals surface area contributed by atoms with Crippen LogP contribution in [-0.2, 0) is 11.3 Å². The van der Waals surface area contributed by atoms with E-state index in [9.17, 15) is 4.79 Å². The zero-order chi connectivity index (χ0) is 24.5. The van der Waals surface area contributed by atoms with Crippen molar-refractivity contribution in [3.63, 3.8) is 0 Å². The molecule has 0 bridgehead atoms. The monoisotopic (exact) mass is 476 g/mol. The van der Waals surface area contributed by atoms with Gasteiger partial charge < -0.3 is 19.4 Å². The number of nitrogens with zero attached hydrogens (tertiary/aromatic N) is 1. The summed E-state index contributed by atoms with van der Waals surface area (Å²) in [5, 5.41) is 3.67. The van der Waals surface area contributed by atoms with Crippen molar-refractivity contribution in [1.29, 1.82) is 0 Å². The normalized spacial score (nSPS) is 19.2. The van der Waals surface area contributed by atoms with Crippen LogP contribution in [0.4, 0.5) is 11.4 Å². The maximum Gasteiger partial charge on any atom is 0.163 e. The predicted octanol–water partition coefficient (Wildman–Crippen LogP) is 6.86. The summed E-state index contributed by atoms with van der Waals surface area (Å²) in [7, 11) is 1.68. The number of para-hydroxylation sites is 2. The number of ether oxygens (including phenoxy) is 1. The second-order valence-corrected chi connectivity index (χ2v) is 9.37. The number of methoxy groups -OCH3 is 1. The molecule has 6 rings (SSSR count). The number of Topliss-reactive ketones (excluding diaryl/α,β-unsaturated/α-hetero) is 1. The Morgan fingerprint density at radius 2 is 1.69 bits per heavy atom. The molecule has 5 heteroatoms. The Morgan fingerprint density at radius 1 is 0.917 bits per heavy atom. The van der Waals surface area contributed by atoms with E-state index in [-0.39, 0.29) is 17.7 Å². The van der Waals surface area contributed by atoms with Crippen LogP contribution in [0.2, 0.25) is 0 Å². The molecule has 0 saturated carbocycles. The first-order valence-corrected chi connectivity index (χ1v) is 12.3. The van der Waals surface area contributed by atoms with Gasteiger partial charge in [-0.05, 0) is 53.9 Å². The molecule has 4 aromatic rings. The minimum Gasteiger partial charge on any atom is -0.497 e. The lowest BCUT2D eigenvalue weighted by Gasteiger charge is -2.36. The van der Waals surface area contributed by atoms with Gasteiger partial charge in [0.25, 0.3) is 0 Å². The van der Waals surface area contributed by atoms with Gasteiger partial charge in [-0.2, -0.15) is 0 Å². The summed E-state index contributed by atoms with van der Waals surface area (Å²) in [4.78, 5) is 16.3. The molecule has 0 unspecified atom stereocenters. The third kappa shape index (κ3) is 4.07. The molecule has 1 aromatic heterocycles. The number of nitrogens with one attached hydrogen (secondary N) is 1. The van der Waals surface area contributed by atoms with Crippen molar-refractivity contribution < 1.29 is 13.9 Å². The Labute approximate surface area is 211 Å². The lowest BCUT2D eigenvalue weighted by atomic mass is 9.80. The Morgan fingerprint density at radius 3 is 2.44 bits per heavy atom. The number of allylic oxidation sites excluding steroid dienone is 1. The number of hydrogen-bond acceptors (Lipinski definition) is 5. The van der Waals surface area contributed by atoms with Crippen molar-refractivity contribution in [1.82, 2.24) is 0 Å². The number of benzene rings is 3. The number of rotatable bonds is 5. The molecule has 2 heterocycles. The van der Waals surface area contributed by atoms with Crippen LogP contribution in [0, 0.1) is 0 Å². The van der Waals surface area contributed by atoms with Gasteiger partial charge in [0.05, 0.1) is 30.8 Å². The molecular weight excluding hydrogens is 448 g/mol. The summed E-state index contributed by atoms with van der Waals surface area (Å²) in [5.41, 5.74) is 6.14. The molecule has 0 saturated heterocycles. The number of carbonyl (C=O) groups is 1. The van der Waals surface area contributed by atoms with E-state index in [1.54, 1.807) is 13.4 Å². The highest BCUT2D eigenvalue weighted by Gasteiger charge is 2.40. The molecule has 0 radical (unpaired) electrons. The summed E-state index contributed by atoms with van der Waals surface area (Å²) in [6.45, 7) is 0.647. The molecule has 2 aliphatic rings. The van der Waals surface area contributed by atoms with Crippen LogP contribution < -0.4 is 15.0 Å². The lowest BCUT2D eigenvalue weighted by molar-refractivity contribution is -0.116. The predicted molar refractivity (Wildman–Crippen MR) is 141 cm³/mol. The molecule has 0 fully saturated rings. The molecule has 3 aromatic carbocycles. The fraction of sp³-hybridized carbons (Fsp3) is 0.194. The molecule has 1 N–H and O–H groups in total. The van der Waals surface area contributed by atoms with E-state index in [0.717, 1.165) is 51.7 Å². The highest BCUT2D eigenvalue weighted by atomic mass is 16.5. The number of furan rings is 1. The van der Waals surface area contributed by atoms with Crippen molar-refractivity contribution in [2.45, 2.75) is 31.3 Å². The van der Waals surface area contributed by atoms with Crippen LogP contribution >= 0.6 is 0 Å². The quantitative estimate of drug-likeness (QED) is 0.341. The minimum atomic E-state index is -0.218. The van der Waals surface area contributed by atoms with Crippen molar-refractivity contribution in [2.75, 3.05) is 17.3 Å². The Kier molecular flexibility index (Phi) is 5.82. The van der Waals surface area contributed by atoms with Gasteiger partial charge >= 0.3 is 0 Å². The fourth-order valence-corrected chi connectivity index (χ4v) is 5.46. The van der Waals surface area contributed by atoms with Crippen LogP contribution in [0.1, 0.15) is 41.7 Å². The molecule has 180 valence electrons. The van der Waals surface area contributed by atoms with E-state index < -0.39 is 0 Å². The highest BCUT2D eigenvalue weighted by Crippen LogP contribution is 2.47. The first kappa shape index (κ1) is 22.2. The Bertz CT molecular complexity index is 1390. The summed E-state index contributed by atoms with van der Waals surface area (Å²) >= 11 is 0. The first-order valence-electron chi connectivity index (χ1n) is 12.3. The number of carbonyl (C=O) groups excluding carboxylic acids is 1. The van der Waals surface area contributed by atoms with Gasteiger partial charge in [0, 0.05) is 30.2 Å². The summed E-state index contributed by atoms with van der Waals surface area (Å²) in [6, 6.07) is 30.5. The molecule has 2 atom stereocenters. The summed E-state index contributed by atoms with van der Waals surface area (Å²) in [5.74, 6) is 1.87. The van der Waals surface area contributed by atoms with Gasteiger partial charge in [0.2, 0.25) is 0 Å². The fourth-order valence-electron chi connectivity index (χ4n) is 5.46. The van der Waals surface area contributed by atoms with Crippen LogP contribution in [-0.4, -0.2) is 12.9 Å². The van der Waals surface area contributed by atoms with Crippen molar-refractivity contribution in [3.8, 4) is 5.75 Å². The molecule has 1 aliphatic carbocycles. The Hall–Kier alpha value is -4.25. The molecule has 0 spiro atoms. The van der Waals surface area contributed by atoms with Gasteiger partial charge in [0.1, 0.15) is 11.5 Å². The third-order valence-corrected chi connectivity index (χ3v) is 7.16. The highest BCUT2D eigenvalue weighted by molar-refractivity contribution is 6.01. The number of fused-ring (bicyclic) bond motifs is 1. The van der Waals surface area contributed by atoms with E-state index in [1.165, 1.54) is 0 Å². The maximum absolute atomic E-state index is 13.9. The first-order chi connectivity index (χ1) is 17.7. The summed E-state index contributed by atoms with van der Waals surface area (Å²) < 4.78 is 11.1. The largest absolute Gasteiger partial charge is 0.497 e. The van der Waals surface area contributed by atoms with Crippen LogP contribution in [0.5, 0.6) is 5.75 Å². The third-order valence-electron chi connectivity index (χ3n) is 7.16. The zero-order valence-electron chi connectivity index (χ0n) is 20.2. The number of ketones is 1. The van der Waals surface area contributed by atoms with Gasteiger partial charge in [-0.25, -0.2) is 0 Å². The van der Waals surface area contributed by atoms with Gasteiger partial charge in [-0.3, -0.25) is 4.79 Å². The van der Waals surface area contributed by atoms with Crippen LogP contribution in [0.25, 0.3) is 0 Å². The standard InChI is InChI=1S/C31H28N2O3/c1-35-24-15-13-21(14-16-24)20-33-27-11-6-5-10-25(27)32-26-18-23(29-12-7-17-36-29)19-28(34)30(26)31(33)22-8-3-2-4-9-22/h2-17,23,31-32H,18-20H2,1H3/t23-,31+/m1/s1. The van der Waals surface area contributed by atoms with Crippen LogP contribution in [0.3, 0.4) is 0 Å². The number of anilines is 2. The second-order valence-electron chi connectivity index (χ2n) is 9.37. The topological polar surface area (TPSA) is 54.7 Å². The van der Waals surface area contributed by atoms with Gasteiger partial charge in [-0.1, -0.05) is 54.6 Å². The van der Waals surface area contributed by atoms with Gasteiger partial charge in [0.15, 0.2) is 5.78 Å². The molecule has 36 heavy (non-hydrogen) atoms. The van der Waals surface area contributed by atoms with E-state index in [0.29, 0.717) is 13.0 Å². The summed E-state index contributed by atoms with van der Waals surface area (Å²) in [6.07, 6.45) is 2.84. The molecular formula is C31H28N2O3. The minimum absolute atomic E-state index is 0.0236. The Balaban J connectivity index is 1.50. The lowest BCUT2D eigenvalue weighted by Crippen LogP contribution is -2.34. The average Bonchev–Trinajstić information content (AvgIpc) is 3.42. The molecule has 1 aliphatic heterocycles. The van der Waals surface area contributed by atoms with E-state index in [1.807, 2.05) is 48.5 Å². The van der Waals surface area contributed by atoms with Crippen molar-refractivity contribution in [3.05, 3.63) is 125 Å². The van der Waals surface area contributed by atoms with E-state index in [4.69, 9.17) is 9.15 Å². The second kappa shape index (κ2) is 9.42. The van der Waals surface area contributed by atoms with Crippen LogP contribution in [0.15, 0.2) is 113 Å². The molecule has 0 amide bonds. The zero-order valence-corrected chi connectivity index (χ0v) is 20.2. The van der Waals surface area contributed by atoms with Crippen molar-refractivity contribution in [2.24, 2.45) is 0 Å². The average molecular weight is 477 g/mol. The SMILES string of the molecule is COc1ccc(CN2c3ccccc3NC3=C(C(=O)C[C@H](c4ccco4)C3)[C@@H]2c2ccccc2)cc1. The number of hydrogen-bond donors (Lipinski definition) is 1. The van der Waals surface area contributed by atoms with E-state index in [2.05, 4.69) is 52.7 Å². The van der Waals surface area contributed by atoms with E-state index >= 15 is 0 Å². The van der Waals surface area contributed by atoms with Crippen molar-refractivity contribution >= 4 is 17.2 Å².